The van der Waals surface area contributed by atoms with Crippen molar-refractivity contribution in [2.75, 3.05) is 17.1 Å². The molecule has 0 saturated heterocycles. The zero-order chi connectivity index (χ0) is 20.4. The van der Waals surface area contributed by atoms with Gasteiger partial charge < -0.3 is 14.6 Å². The Morgan fingerprint density at radius 1 is 1.31 bits per heavy atom. The Kier molecular flexibility index (Phi) is 5.24. The number of fused-ring (bicyclic) bond motifs is 1. The van der Waals surface area contributed by atoms with Crippen molar-refractivity contribution < 1.29 is 22.5 Å². The third-order valence-electron chi connectivity index (χ3n) is 4.31. The van der Waals surface area contributed by atoms with Crippen LogP contribution in [-0.4, -0.2) is 43.4 Å². The van der Waals surface area contributed by atoms with E-state index in [-0.39, 0.29) is 31.3 Å². The molecule has 1 N–H and O–H groups in total. The number of hydrogen-bond acceptors (Lipinski definition) is 8. The number of carbonyl (C=O) groups is 1. The molecule has 1 aromatic carbocycles. The van der Waals surface area contributed by atoms with Crippen LogP contribution >= 0.6 is 11.3 Å². The molecule has 1 aliphatic heterocycles. The summed E-state index contributed by atoms with van der Waals surface area (Å²) < 4.78 is 36.5. The molecule has 1 amide bonds. The van der Waals surface area contributed by atoms with Gasteiger partial charge in [0.2, 0.25) is 21.7 Å². The molecule has 3 aromatic rings. The first kappa shape index (κ1) is 19.4. The topological polar surface area (TPSA) is 115 Å². The predicted molar refractivity (Wildman–Crippen MR) is 107 cm³/mol. The second-order valence-corrected chi connectivity index (χ2v) is 9.26. The van der Waals surface area contributed by atoms with Crippen molar-refractivity contribution in [1.82, 2.24) is 15.5 Å². The van der Waals surface area contributed by atoms with Gasteiger partial charge in [-0.15, -0.1) is 11.3 Å². The van der Waals surface area contributed by atoms with E-state index >= 15 is 0 Å². The number of aromatic nitrogens is 2. The van der Waals surface area contributed by atoms with Crippen LogP contribution in [0.2, 0.25) is 0 Å². The first-order chi connectivity index (χ1) is 13.9. The van der Waals surface area contributed by atoms with Crippen LogP contribution in [-0.2, 0) is 21.4 Å². The number of anilines is 1. The maximum absolute atomic E-state index is 12.6. The maximum atomic E-state index is 12.6. The summed E-state index contributed by atoms with van der Waals surface area (Å²) in [6, 6.07) is 10.5. The van der Waals surface area contributed by atoms with Crippen molar-refractivity contribution in [2.45, 2.75) is 19.1 Å². The van der Waals surface area contributed by atoms with Crippen LogP contribution in [0, 0.1) is 0 Å². The van der Waals surface area contributed by atoms with E-state index in [2.05, 4.69) is 15.5 Å². The highest BCUT2D eigenvalue weighted by atomic mass is 32.2. The van der Waals surface area contributed by atoms with Gasteiger partial charge in [-0.25, -0.2) is 8.42 Å². The van der Waals surface area contributed by atoms with Crippen LogP contribution in [0.3, 0.4) is 0 Å². The molecule has 152 valence electrons. The first-order valence-corrected chi connectivity index (χ1v) is 11.5. The number of carbonyl (C=O) groups excluding carboxylic acids is 1. The Labute approximate surface area is 171 Å². The molecule has 4 rings (SSSR count). The number of nitrogens with zero attached hydrogens (tertiary/aromatic N) is 3. The van der Waals surface area contributed by atoms with E-state index in [1.807, 2.05) is 17.5 Å². The van der Waals surface area contributed by atoms with E-state index in [1.54, 1.807) is 24.3 Å². The summed E-state index contributed by atoms with van der Waals surface area (Å²) in [5.74, 6) is 0.695. The summed E-state index contributed by atoms with van der Waals surface area (Å²) >= 11 is 1.49. The summed E-state index contributed by atoms with van der Waals surface area (Å²) in [5.41, 5.74) is 0.419. The zero-order valence-corrected chi connectivity index (χ0v) is 17.1. The average Bonchev–Trinajstić information content (AvgIpc) is 3.33. The van der Waals surface area contributed by atoms with Crippen LogP contribution in [0.1, 0.15) is 12.3 Å². The molecular formula is C18H18N4O5S2. The number of ether oxygens (including phenoxy) is 1. The number of nitrogens with one attached hydrogen (secondary N) is 1. The van der Waals surface area contributed by atoms with Crippen molar-refractivity contribution in [2.24, 2.45) is 0 Å². The summed E-state index contributed by atoms with van der Waals surface area (Å²) in [6.07, 6.45) is 0.491. The second-order valence-electron chi connectivity index (χ2n) is 6.40. The fourth-order valence-electron chi connectivity index (χ4n) is 2.97. The molecule has 2 aromatic heterocycles. The summed E-state index contributed by atoms with van der Waals surface area (Å²) in [4.78, 5) is 17.8. The number of thiophene rings is 1. The van der Waals surface area contributed by atoms with Crippen LogP contribution in [0.15, 0.2) is 46.3 Å². The van der Waals surface area contributed by atoms with Gasteiger partial charge in [-0.3, -0.25) is 9.10 Å². The summed E-state index contributed by atoms with van der Waals surface area (Å²) in [6.45, 7) is 0.186. The maximum Gasteiger partial charge on any atom is 0.261 e. The van der Waals surface area contributed by atoms with Crippen molar-refractivity contribution in [3.05, 3.63) is 47.7 Å². The third kappa shape index (κ3) is 4.25. The highest BCUT2D eigenvalue weighted by molar-refractivity contribution is 7.92. The molecule has 1 atom stereocenters. The molecule has 0 radical (unpaired) electrons. The monoisotopic (exact) mass is 434 g/mol. The average molecular weight is 434 g/mol. The summed E-state index contributed by atoms with van der Waals surface area (Å²) in [5, 5.41) is 8.52. The lowest BCUT2D eigenvalue weighted by atomic mass is 10.2. The van der Waals surface area contributed by atoms with Gasteiger partial charge in [0.1, 0.15) is 5.75 Å². The van der Waals surface area contributed by atoms with Gasteiger partial charge in [0.25, 0.3) is 5.91 Å². The van der Waals surface area contributed by atoms with Crippen molar-refractivity contribution in [3.8, 4) is 16.5 Å². The largest absolute Gasteiger partial charge is 0.478 e. The number of amides is 1. The van der Waals surface area contributed by atoms with E-state index in [4.69, 9.17) is 9.26 Å². The molecule has 9 nitrogen and oxygen atoms in total. The lowest BCUT2D eigenvalue weighted by Gasteiger charge is -2.20. The lowest BCUT2D eigenvalue weighted by molar-refractivity contribution is -0.128. The number of para-hydroxylation sites is 2. The van der Waals surface area contributed by atoms with Crippen LogP contribution in [0.25, 0.3) is 10.7 Å². The standard InChI is InChI=1S/C18H18N4O5S2/c1-29(24,25)22-9-8-14(26-13-6-3-2-5-12(13)22)18(23)19-11-16-20-17(21-27-16)15-7-4-10-28-15/h2-7,10,14H,8-9,11H2,1H3,(H,19,23). The predicted octanol–water partition coefficient (Wildman–Crippen LogP) is 2.03. The Hall–Kier alpha value is -2.92. The Morgan fingerprint density at radius 3 is 2.90 bits per heavy atom. The smallest absolute Gasteiger partial charge is 0.261 e. The minimum Gasteiger partial charge on any atom is -0.478 e. The molecular weight excluding hydrogens is 416 g/mol. The number of hydrogen-bond donors (Lipinski definition) is 1. The van der Waals surface area contributed by atoms with Crippen LogP contribution in [0.5, 0.6) is 5.75 Å². The number of benzene rings is 1. The van der Waals surface area contributed by atoms with E-state index in [0.29, 0.717) is 17.3 Å². The van der Waals surface area contributed by atoms with E-state index in [1.165, 1.54) is 15.6 Å². The molecule has 0 saturated carbocycles. The van der Waals surface area contributed by atoms with Gasteiger partial charge in [0.05, 0.1) is 23.4 Å². The molecule has 0 aliphatic carbocycles. The molecule has 29 heavy (non-hydrogen) atoms. The SMILES string of the molecule is CS(=O)(=O)N1CCC(C(=O)NCc2nc(-c3cccs3)no2)Oc2ccccc21. The first-order valence-electron chi connectivity index (χ1n) is 8.79. The molecule has 1 aliphatic rings. The van der Waals surface area contributed by atoms with Gasteiger partial charge in [-0.1, -0.05) is 23.4 Å². The van der Waals surface area contributed by atoms with Gasteiger partial charge in [-0.05, 0) is 23.6 Å². The lowest BCUT2D eigenvalue weighted by Crippen LogP contribution is -2.39. The minimum absolute atomic E-state index is 0.0501. The Bertz CT molecular complexity index is 1110. The Morgan fingerprint density at radius 2 is 2.14 bits per heavy atom. The third-order valence-corrected chi connectivity index (χ3v) is 6.36. The molecule has 1 unspecified atom stereocenters. The fraction of sp³-hybridized carbons (Fsp3) is 0.278. The van der Waals surface area contributed by atoms with Gasteiger partial charge in [-0.2, -0.15) is 4.98 Å². The molecule has 3 heterocycles. The molecule has 0 fully saturated rings. The van der Waals surface area contributed by atoms with E-state index in [9.17, 15) is 13.2 Å². The highest BCUT2D eigenvalue weighted by Crippen LogP contribution is 2.33. The van der Waals surface area contributed by atoms with Crippen molar-refractivity contribution >= 4 is 33.0 Å². The number of sulfonamides is 1. The molecule has 0 spiro atoms. The quantitative estimate of drug-likeness (QED) is 0.653. The fourth-order valence-corrected chi connectivity index (χ4v) is 4.56. The van der Waals surface area contributed by atoms with E-state index < -0.39 is 16.1 Å². The van der Waals surface area contributed by atoms with Gasteiger partial charge in [0, 0.05) is 13.0 Å². The van der Waals surface area contributed by atoms with Crippen LogP contribution < -0.4 is 14.4 Å². The second kappa shape index (κ2) is 7.84. The molecule has 11 heteroatoms. The van der Waals surface area contributed by atoms with Gasteiger partial charge in [0.15, 0.2) is 6.10 Å². The van der Waals surface area contributed by atoms with Crippen molar-refractivity contribution in [1.29, 1.82) is 0 Å². The highest BCUT2D eigenvalue weighted by Gasteiger charge is 2.31. The number of rotatable bonds is 5. The molecule has 0 bridgehead atoms. The Balaban J connectivity index is 1.44. The normalized spacial score (nSPS) is 16.6. The van der Waals surface area contributed by atoms with Crippen LogP contribution in [0.4, 0.5) is 5.69 Å². The van der Waals surface area contributed by atoms with E-state index in [0.717, 1.165) is 11.1 Å². The zero-order valence-electron chi connectivity index (χ0n) is 15.4. The summed E-state index contributed by atoms with van der Waals surface area (Å²) in [7, 11) is -3.50. The van der Waals surface area contributed by atoms with Gasteiger partial charge >= 0.3 is 0 Å². The van der Waals surface area contributed by atoms with Crippen molar-refractivity contribution in [3.63, 3.8) is 0 Å². The minimum atomic E-state index is -3.50.